The van der Waals surface area contributed by atoms with Crippen LogP contribution in [-0.2, 0) is 6.42 Å². The van der Waals surface area contributed by atoms with Gasteiger partial charge in [0.15, 0.2) is 5.96 Å². The second-order valence-corrected chi connectivity index (χ2v) is 7.57. The lowest BCUT2D eigenvalue weighted by atomic mass is 9.93. The Kier molecular flexibility index (Phi) is 7.34. The number of hydrogen-bond acceptors (Lipinski definition) is 3. The molecule has 0 radical (unpaired) electrons. The third-order valence-electron chi connectivity index (χ3n) is 5.67. The van der Waals surface area contributed by atoms with Crippen LogP contribution in [0.4, 0.5) is 0 Å². The van der Waals surface area contributed by atoms with E-state index >= 15 is 0 Å². The van der Waals surface area contributed by atoms with E-state index < -0.39 is 0 Å². The van der Waals surface area contributed by atoms with Crippen molar-refractivity contribution < 1.29 is 4.74 Å². The Hall–Kier alpha value is -2.50. The second kappa shape index (κ2) is 10.2. The highest BCUT2D eigenvalue weighted by Crippen LogP contribution is 2.27. The number of piperidine rings is 1. The van der Waals surface area contributed by atoms with Crippen LogP contribution >= 0.6 is 0 Å². The molecule has 1 fully saturated rings. The Morgan fingerprint density at radius 1 is 1.29 bits per heavy atom. The van der Waals surface area contributed by atoms with Gasteiger partial charge in [-0.3, -0.25) is 4.99 Å². The maximum atomic E-state index is 5.21. The molecule has 152 valence electrons. The summed E-state index contributed by atoms with van der Waals surface area (Å²) in [6.45, 7) is 5.31. The first-order valence-corrected chi connectivity index (χ1v) is 10.3. The van der Waals surface area contributed by atoms with Gasteiger partial charge in [0.1, 0.15) is 5.75 Å². The number of aliphatic imine (C=N–C) groups is 1. The lowest BCUT2D eigenvalue weighted by molar-refractivity contribution is 0.189. The molecule has 1 aliphatic heterocycles. The number of unbranched alkanes of at least 4 members (excludes halogenated alkanes) is 1. The number of likely N-dealkylation sites (tertiary alicyclic amines) is 1. The molecule has 0 amide bonds. The lowest BCUT2D eigenvalue weighted by Gasteiger charge is -2.39. The number of nitrogens with zero attached hydrogens (tertiary/aromatic N) is 4. The van der Waals surface area contributed by atoms with Crippen LogP contribution in [0.25, 0.3) is 0 Å². The molecule has 6 nitrogen and oxygen atoms in total. The summed E-state index contributed by atoms with van der Waals surface area (Å²) in [4.78, 5) is 11.1. The Bertz CT molecular complexity index is 726. The molecule has 2 aromatic rings. The molecule has 2 atom stereocenters. The van der Waals surface area contributed by atoms with Gasteiger partial charge in [0, 0.05) is 39.1 Å². The predicted octanol–water partition coefficient (Wildman–Crippen LogP) is 3.37. The van der Waals surface area contributed by atoms with Gasteiger partial charge < -0.3 is 19.5 Å². The van der Waals surface area contributed by atoms with Crippen molar-refractivity contribution in [3.05, 3.63) is 48.5 Å². The van der Waals surface area contributed by atoms with E-state index in [4.69, 9.17) is 4.74 Å². The summed E-state index contributed by atoms with van der Waals surface area (Å²) in [5, 5.41) is 3.56. The minimum atomic E-state index is 0.449. The summed E-state index contributed by atoms with van der Waals surface area (Å²) in [5.74, 6) is 2.58. The average Bonchev–Trinajstić information content (AvgIpc) is 3.26. The van der Waals surface area contributed by atoms with Crippen LogP contribution in [0.1, 0.15) is 37.8 Å². The molecule has 28 heavy (non-hydrogen) atoms. The number of aryl methyl sites for hydroxylation is 1. The zero-order valence-corrected chi connectivity index (χ0v) is 17.3. The number of benzene rings is 1. The van der Waals surface area contributed by atoms with Gasteiger partial charge in [-0.15, -0.1) is 0 Å². The molecule has 2 heterocycles. The van der Waals surface area contributed by atoms with Crippen molar-refractivity contribution >= 4 is 5.96 Å². The third kappa shape index (κ3) is 5.27. The molecule has 2 unspecified atom stereocenters. The van der Waals surface area contributed by atoms with E-state index in [-0.39, 0.29) is 0 Å². The topological polar surface area (TPSA) is 54.7 Å². The smallest absolute Gasteiger partial charge is 0.193 e. The first kappa shape index (κ1) is 20.2. The standard InChI is InChI=1S/C22H33N5O/c1-18-11-14-26(16-21(18)27-15-13-24-17-27)22(23-2)25-12-5-4-6-19-7-9-20(28-3)10-8-19/h7-10,13,15,17-18,21H,4-6,11-12,14,16H2,1-3H3,(H,23,25). The van der Waals surface area contributed by atoms with Crippen LogP contribution in [-0.4, -0.2) is 54.2 Å². The van der Waals surface area contributed by atoms with Crippen LogP contribution in [0, 0.1) is 5.92 Å². The first-order chi connectivity index (χ1) is 13.7. The number of hydrogen-bond donors (Lipinski definition) is 1. The van der Waals surface area contributed by atoms with Gasteiger partial charge in [-0.25, -0.2) is 4.98 Å². The third-order valence-corrected chi connectivity index (χ3v) is 5.67. The Morgan fingerprint density at radius 3 is 2.79 bits per heavy atom. The number of imidazole rings is 1. The number of rotatable bonds is 7. The van der Waals surface area contributed by atoms with Crippen LogP contribution in [0.15, 0.2) is 48.0 Å². The van der Waals surface area contributed by atoms with E-state index in [9.17, 15) is 0 Å². The zero-order valence-electron chi connectivity index (χ0n) is 17.3. The molecular formula is C22H33N5O. The number of nitrogens with one attached hydrogen (secondary N) is 1. The van der Waals surface area contributed by atoms with E-state index in [1.54, 1.807) is 7.11 Å². The Morgan fingerprint density at radius 2 is 2.11 bits per heavy atom. The van der Waals surface area contributed by atoms with E-state index in [0.717, 1.165) is 50.6 Å². The highest BCUT2D eigenvalue weighted by atomic mass is 16.5. The monoisotopic (exact) mass is 383 g/mol. The fraction of sp³-hybridized carbons (Fsp3) is 0.545. The fourth-order valence-corrected chi connectivity index (χ4v) is 3.87. The van der Waals surface area contributed by atoms with Crippen molar-refractivity contribution in [3.63, 3.8) is 0 Å². The molecule has 1 saturated heterocycles. The number of guanidine groups is 1. The van der Waals surface area contributed by atoms with E-state index in [0.29, 0.717) is 12.0 Å². The molecule has 3 rings (SSSR count). The van der Waals surface area contributed by atoms with Gasteiger partial charge >= 0.3 is 0 Å². The maximum absolute atomic E-state index is 5.21. The molecule has 1 N–H and O–H groups in total. The molecule has 1 aromatic heterocycles. The molecular weight excluding hydrogens is 350 g/mol. The first-order valence-electron chi connectivity index (χ1n) is 10.3. The summed E-state index contributed by atoms with van der Waals surface area (Å²) in [6, 6.07) is 8.81. The highest BCUT2D eigenvalue weighted by Gasteiger charge is 2.28. The molecule has 1 aromatic carbocycles. The normalized spacial score (nSPS) is 20.2. The van der Waals surface area contributed by atoms with Gasteiger partial charge in [-0.2, -0.15) is 0 Å². The number of aromatic nitrogens is 2. The van der Waals surface area contributed by atoms with Gasteiger partial charge in [0.2, 0.25) is 0 Å². The second-order valence-electron chi connectivity index (χ2n) is 7.57. The molecule has 0 saturated carbocycles. The minimum Gasteiger partial charge on any atom is -0.497 e. The Labute approximate surface area is 168 Å². The van der Waals surface area contributed by atoms with E-state index in [1.807, 2.05) is 31.7 Å². The predicted molar refractivity (Wildman–Crippen MR) is 114 cm³/mol. The highest BCUT2D eigenvalue weighted by molar-refractivity contribution is 5.80. The zero-order chi connectivity index (χ0) is 19.8. The summed E-state index contributed by atoms with van der Waals surface area (Å²) >= 11 is 0. The number of ether oxygens (including phenoxy) is 1. The summed E-state index contributed by atoms with van der Waals surface area (Å²) in [7, 11) is 3.58. The SMILES string of the molecule is CN=C(NCCCCc1ccc(OC)cc1)N1CCC(C)C(n2ccnc2)C1. The summed E-state index contributed by atoms with van der Waals surface area (Å²) < 4.78 is 7.45. The summed E-state index contributed by atoms with van der Waals surface area (Å²) in [6.07, 6.45) is 10.4. The van der Waals surface area contributed by atoms with Gasteiger partial charge in [0.05, 0.1) is 19.5 Å². The van der Waals surface area contributed by atoms with Gasteiger partial charge in [0.25, 0.3) is 0 Å². The van der Waals surface area contributed by atoms with Crippen molar-refractivity contribution in [1.29, 1.82) is 0 Å². The van der Waals surface area contributed by atoms with Crippen LogP contribution in [0.2, 0.25) is 0 Å². The Balaban J connectivity index is 1.42. The molecule has 6 heteroatoms. The molecule has 0 aliphatic carbocycles. The largest absolute Gasteiger partial charge is 0.497 e. The summed E-state index contributed by atoms with van der Waals surface area (Å²) in [5.41, 5.74) is 1.36. The molecule has 0 bridgehead atoms. The van der Waals surface area contributed by atoms with E-state index in [2.05, 4.69) is 50.0 Å². The van der Waals surface area contributed by atoms with Crippen molar-refractivity contribution in [1.82, 2.24) is 19.8 Å². The van der Waals surface area contributed by atoms with Crippen molar-refractivity contribution in [2.75, 3.05) is 33.8 Å². The van der Waals surface area contributed by atoms with Crippen molar-refractivity contribution in [3.8, 4) is 5.75 Å². The quantitative estimate of drug-likeness (QED) is 0.452. The number of methoxy groups -OCH3 is 1. The van der Waals surface area contributed by atoms with Crippen LogP contribution in [0.3, 0.4) is 0 Å². The minimum absolute atomic E-state index is 0.449. The molecule has 0 spiro atoms. The van der Waals surface area contributed by atoms with E-state index in [1.165, 1.54) is 12.0 Å². The lowest BCUT2D eigenvalue weighted by Crippen LogP contribution is -2.49. The van der Waals surface area contributed by atoms with Crippen molar-refractivity contribution in [2.45, 2.75) is 38.6 Å². The fourth-order valence-electron chi connectivity index (χ4n) is 3.87. The van der Waals surface area contributed by atoms with Crippen molar-refractivity contribution in [2.24, 2.45) is 10.9 Å². The maximum Gasteiger partial charge on any atom is 0.193 e. The van der Waals surface area contributed by atoms with Gasteiger partial charge in [-0.1, -0.05) is 19.1 Å². The van der Waals surface area contributed by atoms with Crippen LogP contribution in [0.5, 0.6) is 5.75 Å². The van der Waals surface area contributed by atoms with Gasteiger partial charge in [-0.05, 0) is 49.3 Å². The van der Waals surface area contributed by atoms with Crippen LogP contribution < -0.4 is 10.1 Å². The average molecular weight is 384 g/mol. The molecule has 1 aliphatic rings.